The summed E-state index contributed by atoms with van der Waals surface area (Å²) < 4.78 is 17.3. The number of unbranched alkanes of at least 4 members (excludes halogenated alkanes) is 8. The van der Waals surface area contributed by atoms with Crippen molar-refractivity contribution in [2.75, 3.05) is 12.0 Å². The number of benzene rings is 4. The Balaban J connectivity index is 1.12. The summed E-state index contributed by atoms with van der Waals surface area (Å²) in [5, 5.41) is 8.19. The second kappa shape index (κ2) is 18.8. The number of nitrogens with one attached hydrogen (secondary N) is 1. The van der Waals surface area contributed by atoms with E-state index < -0.39 is 5.97 Å². The summed E-state index contributed by atoms with van der Waals surface area (Å²) >= 11 is 0. The van der Waals surface area contributed by atoms with E-state index in [0.29, 0.717) is 30.3 Å². The van der Waals surface area contributed by atoms with Crippen molar-refractivity contribution >= 4 is 17.3 Å². The van der Waals surface area contributed by atoms with Gasteiger partial charge in [0.05, 0.1) is 23.5 Å². The summed E-state index contributed by atoms with van der Waals surface area (Å²) in [6.07, 6.45) is 11.5. The maximum absolute atomic E-state index is 12.6. The van der Waals surface area contributed by atoms with Crippen LogP contribution in [0.5, 0.6) is 17.2 Å². The maximum atomic E-state index is 12.6. The normalized spacial score (nSPS) is 10.9. The van der Waals surface area contributed by atoms with E-state index >= 15 is 0 Å². The van der Waals surface area contributed by atoms with Crippen LogP contribution in [0.1, 0.15) is 80.6 Å². The van der Waals surface area contributed by atoms with E-state index in [0.717, 1.165) is 29.1 Å². The fourth-order valence-corrected chi connectivity index (χ4v) is 4.54. The van der Waals surface area contributed by atoms with Gasteiger partial charge < -0.3 is 14.2 Å². The quantitative estimate of drug-likeness (QED) is 0.0384. The first-order valence-electron chi connectivity index (χ1n) is 15.7. The maximum Gasteiger partial charge on any atom is 0.343 e. The van der Waals surface area contributed by atoms with E-state index in [-0.39, 0.29) is 0 Å². The van der Waals surface area contributed by atoms with Gasteiger partial charge in [0.25, 0.3) is 0 Å². The van der Waals surface area contributed by atoms with Crippen LogP contribution in [0.2, 0.25) is 0 Å². The lowest BCUT2D eigenvalue weighted by molar-refractivity contribution is 0.0734. The summed E-state index contributed by atoms with van der Waals surface area (Å²) in [6, 6.07) is 31.4. The van der Waals surface area contributed by atoms with Gasteiger partial charge in [0.2, 0.25) is 0 Å². The number of ether oxygens (including phenoxy) is 3. The minimum absolute atomic E-state index is 0.395. The molecular weight excluding hydrogens is 550 g/mol. The number of nitrogens with zero attached hydrogens (tertiary/aromatic N) is 2. The zero-order valence-corrected chi connectivity index (χ0v) is 25.6. The lowest BCUT2D eigenvalue weighted by atomic mass is 10.1. The van der Waals surface area contributed by atoms with Gasteiger partial charge in [-0.3, -0.25) is 5.43 Å². The van der Waals surface area contributed by atoms with Crippen molar-refractivity contribution < 1.29 is 19.0 Å². The number of esters is 1. The van der Waals surface area contributed by atoms with E-state index in [2.05, 4.69) is 22.7 Å². The summed E-state index contributed by atoms with van der Waals surface area (Å²) in [5.41, 5.74) is 5.98. The van der Waals surface area contributed by atoms with Crippen molar-refractivity contribution in [3.63, 3.8) is 0 Å². The van der Waals surface area contributed by atoms with E-state index in [1.54, 1.807) is 36.4 Å². The first-order valence-corrected chi connectivity index (χ1v) is 15.7. The van der Waals surface area contributed by atoms with E-state index in [1.165, 1.54) is 51.4 Å². The van der Waals surface area contributed by atoms with Crippen LogP contribution in [0.3, 0.4) is 0 Å². The largest absolute Gasteiger partial charge is 0.494 e. The van der Waals surface area contributed by atoms with E-state index in [4.69, 9.17) is 14.2 Å². The van der Waals surface area contributed by atoms with Gasteiger partial charge in [-0.2, -0.15) is 0 Å². The molecule has 0 aromatic heterocycles. The molecule has 0 radical (unpaired) electrons. The van der Waals surface area contributed by atoms with Gasteiger partial charge in [-0.25, -0.2) is 4.79 Å². The molecule has 1 N–H and O–H groups in total. The fraction of sp³-hybridized carbons (Fsp3) is 0.324. The topological polar surface area (TPSA) is 81.5 Å². The monoisotopic (exact) mass is 593 g/mol. The number of rotatable bonds is 19. The molecule has 0 saturated carbocycles. The minimum Gasteiger partial charge on any atom is -0.494 e. The molecule has 4 aromatic rings. The van der Waals surface area contributed by atoms with E-state index in [9.17, 15) is 4.79 Å². The van der Waals surface area contributed by atoms with E-state index in [1.807, 2.05) is 66.7 Å². The highest BCUT2D eigenvalue weighted by Gasteiger charge is 2.09. The molecule has 44 heavy (non-hydrogen) atoms. The smallest absolute Gasteiger partial charge is 0.343 e. The lowest BCUT2D eigenvalue weighted by Crippen LogP contribution is -2.08. The van der Waals surface area contributed by atoms with Gasteiger partial charge in [0, 0.05) is 0 Å². The van der Waals surface area contributed by atoms with Crippen LogP contribution in [0.15, 0.2) is 113 Å². The van der Waals surface area contributed by atoms with Gasteiger partial charge in [-0.1, -0.05) is 93.8 Å². The molecule has 0 unspecified atom stereocenters. The third kappa shape index (κ3) is 11.9. The van der Waals surface area contributed by atoms with Crippen LogP contribution >= 0.6 is 0 Å². The van der Waals surface area contributed by atoms with Gasteiger partial charge in [0.15, 0.2) is 0 Å². The number of para-hydroxylation sites is 1. The van der Waals surface area contributed by atoms with Gasteiger partial charge in [-0.15, -0.1) is 5.11 Å². The summed E-state index contributed by atoms with van der Waals surface area (Å²) in [6.45, 7) is 3.34. The molecule has 7 heteroatoms. The third-order valence-electron chi connectivity index (χ3n) is 7.10. The highest BCUT2D eigenvalue weighted by molar-refractivity contribution is 5.91. The SMILES string of the molecule is CCCCCCCCCCCOc1ccc(C(=O)Oc2ccc(OCc3ccc(N=NNc4ccccc4)cc3)cc2)cc1. The molecule has 7 nitrogen and oxygen atoms in total. The molecule has 0 saturated heterocycles. The number of carbonyl (C=O) groups excluding carboxylic acids is 1. The Morgan fingerprint density at radius 2 is 1.23 bits per heavy atom. The van der Waals surface area contributed by atoms with Gasteiger partial charge in [-0.05, 0) is 84.8 Å². The summed E-state index contributed by atoms with van der Waals surface area (Å²) in [4.78, 5) is 12.6. The molecule has 0 heterocycles. The van der Waals surface area contributed by atoms with Crippen LogP contribution in [-0.4, -0.2) is 12.6 Å². The molecule has 0 spiro atoms. The summed E-state index contributed by atoms with van der Waals surface area (Å²) in [7, 11) is 0. The van der Waals surface area contributed by atoms with Crippen LogP contribution in [-0.2, 0) is 6.61 Å². The number of anilines is 1. The molecular formula is C37H43N3O4. The van der Waals surface area contributed by atoms with Crippen molar-refractivity contribution in [3.8, 4) is 17.2 Å². The van der Waals surface area contributed by atoms with Crippen LogP contribution in [0.4, 0.5) is 11.4 Å². The highest BCUT2D eigenvalue weighted by Crippen LogP contribution is 2.22. The van der Waals surface area contributed by atoms with Gasteiger partial charge in [0.1, 0.15) is 23.9 Å². The molecule has 0 bridgehead atoms. The van der Waals surface area contributed by atoms with Crippen LogP contribution in [0.25, 0.3) is 0 Å². The minimum atomic E-state index is -0.416. The Bertz CT molecular complexity index is 1390. The number of hydrogen-bond donors (Lipinski definition) is 1. The summed E-state index contributed by atoms with van der Waals surface area (Å²) in [5.74, 6) is 1.48. The predicted octanol–water partition coefficient (Wildman–Crippen LogP) is 10.5. The molecule has 0 aliphatic heterocycles. The van der Waals surface area contributed by atoms with Crippen molar-refractivity contribution in [3.05, 3.63) is 114 Å². The Labute approximate surface area is 261 Å². The van der Waals surface area contributed by atoms with Crippen LogP contribution < -0.4 is 19.6 Å². The van der Waals surface area contributed by atoms with Crippen molar-refractivity contribution in [2.24, 2.45) is 10.3 Å². The van der Waals surface area contributed by atoms with Crippen molar-refractivity contribution in [1.29, 1.82) is 0 Å². The molecule has 0 aliphatic carbocycles. The molecule has 4 aromatic carbocycles. The zero-order valence-electron chi connectivity index (χ0n) is 25.6. The first-order chi connectivity index (χ1) is 21.7. The second-order valence-electron chi connectivity index (χ2n) is 10.7. The molecule has 4 rings (SSSR count). The fourth-order valence-electron chi connectivity index (χ4n) is 4.54. The predicted molar refractivity (Wildman–Crippen MR) is 176 cm³/mol. The Morgan fingerprint density at radius 3 is 1.91 bits per heavy atom. The Morgan fingerprint density at radius 1 is 0.636 bits per heavy atom. The standard InChI is InChI=1S/C37H43N3O4/c1-2-3-4-5-6-7-8-9-13-28-42-34-22-18-31(19-23-34)37(41)44-36-26-24-35(25-27-36)43-29-30-16-20-33(21-17-30)39-40-38-32-14-11-10-12-15-32/h10-12,14-27H,2-9,13,28-29H2,1H3,(H,38,39). The molecule has 0 amide bonds. The molecule has 0 atom stereocenters. The van der Waals surface area contributed by atoms with Gasteiger partial charge >= 0.3 is 5.97 Å². The van der Waals surface area contributed by atoms with Crippen molar-refractivity contribution in [2.45, 2.75) is 71.3 Å². The second-order valence-corrected chi connectivity index (χ2v) is 10.7. The highest BCUT2D eigenvalue weighted by atomic mass is 16.5. The average Bonchev–Trinajstić information content (AvgIpc) is 3.06. The third-order valence-corrected chi connectivity index (χ3v) is 7.10. The molecule has 230 valence electrons. The number of hydrogen-bond acceptors (Lipinski definition) is 6. The van der Waals surface area contributed by atoms with Crippen LogP contribution in [0, 0.1) is 0 Å². The zero-order chi connectivity index (χ0) is 30.7. The van der Waals surface area contributed by atoms with Crippen molar-refractivity contribution in [1.82, 2.24) is 0 Å². The number of carbonyl (C=O) groups is 1. The Kier molecular flexibility index (Phi) is 13.8. The molecule has 0 aliphatic rings. The average molecular weight is 594 g/mol. The first kappa shape index (κ1) is 32.3. The molecule has 0 fully saturated rings. The Hall–Kier alpha value is -4.65. The lowest BCUT2D eigenvalue weighted by Gasteiger charge is -2.09.